The van der Waals surface area contributed by atoms with Gasteiger partial charge in [0.2, 0.25) is 0 Å². The zero-order valence-corrected chi connectivity index (χ0v) is 10.2. The van der Waals surface area contributed by atoms with Crippen molar-refractivity contribution in [2.45, 2.75) is 9.79 Å². The standard InChI is InChI=1S/C4Cl4S3/c5-3-1(10-7)2(11-8)4(6)9-3. The van der Waals surface area contributed by atoms with Crippen molar-refractivity contribution in [3.63, 3.8) is 0 Å². The first kappa shape index (κ1) is 10.6. The number of halogens is 4. The quantitative estimate of drug-likeness (QED) is 0.699. The van der Waals surface area contributed by atoms with Crippen LogP contribution in [0, 0.1) is 0 Å². The van der Waals surface area contributed by atoms with E-state index in [1.165, 1.54) is 11.3 Å². The van der Waals surface area contributed by atoms with Gasteiger partial charge in [0.05, 0.1) is 9.79 Å². The third-order valence-electron chi connectivity index (χ3n) is 0.897. The molecule has 0 atom stereocenters. The summed E-state index contributed by atoms with van der Waals surface area (Å²) in [4.78, 5) is 1.48. The van der Waals surface area contributed by atoms with Crippen LogP contribution < -0.4 is 0 Å². The topological polar surface area (TPSA) is 0 Å². The van der Waals surface area contributed by atoms with Crippen molar-refractivity contribution in [2.24, 2.45) is 0 Å². The Morgan fingerprint density at radius 3 is 1.55 bits per heavy atom. The highest BCUT2D eigenvalue weighted by Crippen LogP contribution is 2.49. The molecule has 1 rings (SSSR count). The van der Waals surface area contributed by atoms with Crippen molar-refractivity contribution in [3.8, 4) is 0 Å². The van der Waals surface area contributed by atoms with E-state index in [1.54, 1.807) is 0 Å². The largest absolute Gasteiger partial charge is 0.110 e. The number of rotatable bonds is 2. The average Bonchev–Trinajstić information content (AvgIpc) is 2.24. The van der Waals surface area contributed by atoms with Crippen molar-refractivity contribution in [3.05, 3.63) is 8.67 Å². The van der Waals surface area contributed by atoms with Crippen LogP contribution in [0.2, 0.25) is 8.67 Å². The lowest BCUT2D eigenvalue weighted by molar-refractivity contribution is 1.36. The predicted molar refractivity (Wildman–Crippen MR) is 57.8 cm³/mol. The molecule has 0 fully saturated rings. The van der Waals surface area contributed by atoms with Crippen LogP contribution in [0.15, 0.2) is 9.79 Å². The third kappa shape index (κ3) is 2.27. The van der Waals surface area contributed by atoms with Crippen LogP contribution in [-0.2, 0) is 0 Å². The van der Waals surface area contributed by atoms with Crippen LogP contribution in [0.3, 0.4) is 0 Å². The Bertz CT molecular complexity index is 234. The van der Waals surface area contributed by atoms with Gasteiger partial charge in [-0.05, 0) is 43.3 Å². The van der Waals surface area contributed by atoms with Gasteiger partial charge in [-0.25, -0.2) is 0 Å². The van der Waals surface area contributed by atoms with Gasteiger partial charge in [-0.1, -0.05) is 23.2 Å². The molecule has 0 aromatic carbocycles. The zero-order chi connectivity index (χ0) is 8.43. The lowest BCUT2D eigenvalue weighted by Gasteiger charge is -1.92. The second kappa shape index (κ2) is 4.70. The summed E-state index contributed by atoms with van der Waals surface area (Å²) in [5, 5.41) is 0. The molecule has 0 bridgehead atoms. The summed E-state index contributed by atoms with van der Waals surface area (Å²) in [5.74, 6) is 0. The maximum Gasteiger partial charge on any atom is 0.110 e. The minimum Gasteiger partial charge on any atom is -0.109 e. The van der Waals surface area contributed by atoms with Crippen molar-refractivity contribution >= 4 is 77.9 Å². The predicted octanol–water partition coefficient (Wildman–Crippen LogP) is 5.55. The molecule has 0 saturated carbocycles. The molecule has 0 N–H and O–H groups in total. The van der Waals surface area contributed by atoms with Crippen molar-refractivity contribution in [1.29, 1.82) is 0 Å². The molecule has 0 aliphatic carbocycles. The number of hydrogen-bond acceptors (Lipinski definition) is 3. The van der Waals surface area contributed by atoms with Crippen LogP contribution in [0.4, 0.5) is 0 Å². The molecule has 62 valence electrons. The molecular formula is C4Cl4S3. The van der Waals surface area contributed by atoms with E-state index < -0.39 is 0 Å². The normalized spacial score (nSPS) is 10.5. The van der Waals surface area contributed by atoms with Gasteiger partial charge in [-0.15, -0.1) is 11.3 Å². The van der Waals surface area contributed by atoms with Crippen LogP contribution in [0.1, 0.15) is 0 Å². The molecule has 0 radical (unpaired) electrons. The molecule has 0 aliphatic heterocycles. The van der Waals surface area contributed by atoms with Crippen LogP contribution in [0.25, 0.3) is 0 Å². The lowest BCUT2D eigenvalue weighted by Crippen LogP contribution is -1.63. The van der Waals surface area contributed by atoms with Gasteiger partial charge in [-0.2, -0.15) is 0 Å². The maximum absolute atomic E-state index is 5.79. The summed E-state index contributed by atoms with van der Waals surface area (Å²) in [6.45, 7) is 0. The van der Waals surface area contributed by atoms with E-state index in [0.717, 1.165) is 31.7 Å². The lowest BCUT2D eigenvalue weighted by atomic mass is 10.6. The highest BCUT2D eigenvalue weighted by Gasteiger charge is 2.15. The van der Waals surface area contributed by atoms with Gasteiger partial charge in [0.15, 0.2) is 0 Å². The Labute approximate surface area is 95.5 Å². The molecule has 1 aromatic rings. The summed E-state index contributed by atoms with van der Waals surface area (Å²) in [6.07, 6.45) is 0. The van der Waals surface area contributed by atoms with Gasteiger partial charge in [0, 0.05) is 0 Å². The van der Waals surface area contributed by atoms with Gasteiger partial charge in [0.1, 0.15) is 8.67 Å². The Morgan fingerprint density at radius 2 is 1.27 bits per heavy atom. The molecule has 0 aliphatic rings. The van der Waals surface area contributed by atoms with Crippen molar-refractivity contribution < 1.29 is 0 Å². The van der Waals surface area contributed by atoms with Gasteiger partial charge >= 0.3 is 0 Å². The highest BCUT2D eigenvalue weighted by molar-refractivity contribution is 8.23. The Morgan fingerprint density at radius 1 is 0.909 bits per heavy atom. The van der Waals surface area contributed by atoms with Crippen LogP contribution in [0.5, 0.6) is 0 Å². The summed E-state index contributed by atoms with van der Waals surface area (Å²) in [6, 6.07) is 0. The fraction of sp³-hybridized carbons (Fsp3) is 0. The summed E-state index contributed by atoms with van der Waals surface area (Å²) in [5.41, 5.74) is 0. The molecule has 0 amide bonds. The molecule has 0 unspecified atom stereocenters. The van der Waals surface area contributed by atoms with Crippen LogP contribution >= 0.6 is 77.9 Å². The summed E-state index contributed by atoms with van der Waals surface area (Å²) < 4.78 is 1.16. The molecule has 0 saturated heterocycles. The third-order valence-corrected chi connectivity index (χ3v) is 5.17. The number of thiophene rings is 1. The van der Waals surface area contributed by atoms with E-state index in [1.807, 2.05) is 0 Å². The summed E-state index contributed by atoms with van der Waals surface area (Å²) in [7, 11) is 13.1. The second-order valence-corrected chi connectivity index (χ2v) is 5.74. The first-order valence-electron chi connectivity index (χ1n) is 2.25. The monoisotopic (exact) mass is 284 g/mol. The zero-order valence-electron chi connectivity index (χ0n) is 4.74. The highest BCUT2D eigenvalue weighted by atomic mass is 35.7. The Balaban J connectivity index is 3.17. The molecule has 7 heteroatoms. The molecule has 1 heterocycles. The molecule has 1 aromatic heterocycles. The van der Waals surface area contributed by atoms with Gasteiger partial charge < -0.3 is 0 Å². The SMILES string of the molecule is ClSc1c(Cl)sc(Cl)c1SCl. The Hall–Kier alpha value is 1.56. The first-order valence-corrected chi connectivity index (χ1v) is 7.11. The Kier molecular flexibility index (Phi) is 4.55. The first-order chi connectivity index (χ1) is 5.20. The minimum atomic E-state index is 0.582. The maximum atomic E-state index is 5.79. The van der Waals surface area contributed by atoms with Gasteiger partial charge in [0.25, 0.3) is 0 Å². The molecule has 0 nitrogen and oxygen atoms in total. The smallest absolute Gasteiger partial charge is 0.109 e. The van der Waals surface area contributed by atoms with Gasteiger partial charge in [-0.3, -0.25) is 0 Å². The molecule has 0 spiro atoms. The van der Waals surface area contributed by atoms with Crippen molar-refractivity contribution in [2.75, 3.05) is 0 Å². The van der Waals surface area contributed by atoms with E-state index >= 15 is 0 Å². The van der Waals surface area contributed by atoms with E-state index in [2.05, 4.69) is 0 Å². The fourth-order valence-corrected chi connectivity index (χ4v) is 5.20. The van der Waals surface area contributed by atoms with Crippen molar-refractivity contribution in [1.82, 2.24) is 0 Å². The minimum absolute atomic E-state index is 0.582. The average molecular weight is 286 g/mol. The van der Waals surface area contributed by atoms with E-state index in [-0.39, 0.29) is 0 Å². The molecule has 11 heavy (non-hydrogen) atoms. The number of hydrogen-bond donors (Lipinski definition) is 0. The van der Waals surface area contributed by atoms with E-state index in [0.29, 0.717) is 8.67 Å². The fourth-order valence-electron chi connectivity index (χ4n) is 0.481. The second-order valence-electron chi connectivity index (χ2n) is 1.46. The van der Waals surface area contributed by atoms with E-state index in [4.69, 9.17) is 44.6 Å². The van der Waals surface area contributed by atoms with E-state index in [9.17, 15) is 0 Å². The van der Waals surface area contributed by atoms with Crippen LogP contribution in [-0.4, -0.2) is 0 Å². The molecular weight excluding hydrogens is 286 g/mol. The summed E-state index contributed by atoms with van der Waals surface area (Å²) >= 11 is 12.8.